The highest BCUT2D eigenvalue weighted by Gasteiger charge is 2.27. The topological polar surface area (TPSA) is 59.7 Å². The number of ether oxygens (including phenoxy) is 1. The molecule has 1 fully saturated rings. The minimum absolute atomic E-state index is 0.0508. The Bertz CT molecular complexity index is 909. The standard InChI is InChI=1S/C19H19FN4O2/c20-15-4-6-16(7-5-15)26-13-14-3-1-9-23(12-14)19(25)17-11-22-24-10-2-8-21-18(17)24/h2,4-8,10-11,14H,1,3,9,12-13H2/t14-/m1/s1. The van der Waals surface area contributed by atoms with Crippen molar-refractivity contribution in [3.05, 3.63) is 60.3 Å². The number of amides is 1. The SMILES string of the molecule is O=C(c1cnn2cccnc12)N1CCC[C@@H](COc2ccc(F)cc2)C1. The van der Waals surface area contributed by atoms with Gasteiger partial charge in [-0.05, 0) is 43.2 Å². The van der Waals surface area contributed by atoms with Gasteiger partial charge in [-0.3, -0.25) is 4.79 Å². The van der Waals surface area contributed by atoms with Crippen molar-refractivity contribution in [1.82, 2.24) is 19.5 Å². The third kappa shape index (κ3) is 3.37. The van der Waals surface area contributed by atoms with Crippen LogP contribution < -0.4 is 4.74 Å². The molecule has 6 nitrogen and oxygen atoms in total. The summed E-state index contributed by atoms with van der Waals surface area (Å²) in [6.45, 7) is 1.85. The highest BCUT2D eigenvalue weighted by atomic mass is 19.1. The lowest BCUT2D eigenvalue weighted by atomic mass is 9.98. The molecule has 2 aromatic heterocycles. The molecule has 1 amide bonds. The molecule has 1 aliphatic heterocycles. The molecule has 26 heavy (non-hydrogen) atoms. The van der Waals surface area contributed by atoms with Gasteiger partial charge in [0.25, 0.3) is 5.91 Å². The van der Waals surface area contributed by atoms with Crippen LogP contribution >= 0.6 is 0 Å². The molecule has 1 aromatic carbocycles. The van der Waals surface area contributed by atoms with Crippen LogP contribution in [-0.4, -0.2) is 45.1 Å². The molecule has 1 atom stereocenters. The van der Waals surface area contributed by atoms with E-state index >= 15 is 0 Å². The lowest BCUT2D eigenvalue weighted by Crippen LogP contribution is -2.41. The van der Waals surface area contributed by atoms with Crippen LogP contribution in [0.2, 0.25) is 0 Å². The van der Waals surface area contributed by atoms with E-state index in [1.807, 2.05) is 4.90 Å². The Hall–Kier alpha value is -2.96. The fraction of sp³-hybridized carbons (Fsp3) is 0.316. The molecular formula is C19H19FN4O2. The minimum atomic E-state index is -0.284. The zero-order valence-corrected chi connectivity index (χ0v) is 14.2. The summed E-state index contributed by atoms with van der Waals surface area (Å²) in [5.74, 6) is 0.549. The van der Waals surface area contributed by atoms with Gasteiger partial charge in [0, 0.05) is 31.4 Å². The summed E-state index contributed by atoms with van der Waals surface area (Å²) in [4.78, 5) is 19.0. The Morgan fingerprint density at radius 1 is 1.31 bits per heavy atom. The summed E-state index contributed by atoms with van der Waals surface area (Å²) in [6, 6.07) is 7.77. The molecule has 0 radical (unpaired) electrons. The van der Waals surface area contributed by atoms with Gasteiger partial charge >= 0.3 is 0 Å². The van der Waals surface area contributed by atoms with Crippen LogP contribution in [-0.2, 0) is 0 Å². The normalized spacial score (nSPS) is 17.4. The first-order valence-electron chi connectivity index (χ1n) is 8.67. The molecule has 0 aliphatic carbocycles. The summed E-state index contributed by atoms with van der Waals surface area (Å²) in [5.41, 5.74) is 1.09. The van der Waals surface area contributed by atoms with E-state index in [0.29, 0.717) is 30.1 Å². The number of aromatic nitrogens is 3. The Kier molecular flexibility index (Phi) is 4.51. The summed E-state index contributed by atoms with van der Waals surface area (Å²) < 4.78 is 20.3. The van der Waals surface area contributed by atoms with Crippen LogP contribution in [0.15, 0.2) is 48.9 Å². The first-order chi connectivity index (χ1) is 12.7. The van der Waals surface area contributed by atoms with Crippen LogP contribution in [0.4, 0.5) is 4.39 Å². The second kappa shape index (κ2) is 7.11. The minimum Gasteiger partial charge on any atom is -0.493 e. The molecule has 7 heteroatoms. The molecule has 0 bridgehead atoms. The number of carbonyl (C=O) groups excluding carboxylic acids is 1. The van der Waals surface area contributed by atoms with E-state index in [-0.39, 0.29) is 17.6 Å². The first-order valence-corrected chi connectivity index (χ1v) is 8.67. The zero-order valence-electron chi connectivity index (χ0n) is 14.2. The van der Waals surface area contributed by atoms with Crippen molar-refractivity contribution >= 4 is 11.6 Å². The number of fused-ring (bicyclic) bond motifs is 1. The maximum atomic E-state index is 13.0. The zero-order chi connectivity index (χ0) is 17.9. The fourth-order valence-corrected chi connectivity index (χ4v) is 3.28. The monoisotopic (exact) mass is 354 g/mol. The Balaban J connectivity index is 1.41. The average molecular weight is 354 g/mol. The van der Waals surface area contributed by atoms with Crippen molar-refractivity contribution in [2.45, 2.75) is 12.8 Å². The van der Waals surface area contributed by atoms with E-state index in [0.717, 1.165) is 19.4 Å². The van der Waals surface area contributed by atoms with Gasteiger partial charge in [-0.15, -0.1) is 0 Å². The molecule has 4 rings (SSSR count). The van der Waals surface area contributed by atoms with Crippen molar-refractivity contribution in [3.63, 3.8) is 0 Å². The van der Waals surface area contributed by atoms with Gasteiger partial charge < -0.3 is 9.64 Å². The first kappa shape index (κ1) is 16.5. The van der Waals surface area contributed by atoms with Gasteiger partial charge in [0.15, 0.2) is 5.65 Å². The molecule has 0 saturated carbocycles. The lowest BCUT2D eigenvalue weighted by molar-refractivity contribution is 0.0635. The molecular weight excluding hydrogens is 335 g/mol. The van der Waals surface area contributed by atoms with Crippen molar-refractivity contribution in [2.24, 2.45) is 5.92 Å². The number of benzene rings is 1. The van der Waals surface area contributed by atoms with E-state index in [1.54, 1.807) is 41.3 Å². The summed E-state index contributed by atoms with van der Waals surface area (Å²) in [7, 11) is 0. The molecule has 3 heterocycles. The number of hydrogen-bond acceptors (Lipinski definition) is 4. The molecule has 3 aromatic rings. The van der Waals surface area contributed by atoms with Gasteiger partial charge in [0.1, 0.15) is 17.1 Å². The van der Waals surface area contributed by atoms with Crippen LogP contribution in [0, 0.1) is 11.7 Å². The molecule has 0 unspecified atom stereocenters. The second-order valence-electron chi connectivity index (χ2n) is 6.47. The number of piperidine rings is 1. The van der Waals surface area contributed by atoms with Gasteiger partial charge in [0.2, 0.25) is 0 Å². The number of rotatable bonds is 4. The maximum Gasteiger partial charge on any atom is 0.259 e. The van der Waals surface area contributed by atoms with Crippen LogP contribution in [0.5, 0.6) is 5.75 Å². The van der Waals surface area contributed by atoms with E-state index in [2.05, 4.69) is 10.1 Å². The molecule has 1 saturated heterocycles. The Morgan fingerprint density at radius 3 is 3.00 bits per heavy atom. The van der Waals surface area contributed by atoms with E-state index < -0.39 is 0 Å². The Morgan fingerprint density at radius 2 is 2.15 bits per heavy atom. The number of halogens is 1. The molecule has 0 N–H and O–H groups in total. The molecule has 0 spiro atoms. The third-order valence-corrected chi connectivity index (χ3v) is 4.62. The lowest BCUT2D eigenvalue weighted by Gasteiger charge is -2.32. The summed E-state index contributed by atoms with van der Waals surface area (Å²) >= 11 is 0. The largest absolute Gasteiger partial charge is 0.493 e. The number of likely N-dealkylation sites (tertiary alicyclic amines) is 1. The summed E-state index contributed by atoms with van der Waals surface area (Å²) in [6.07, 6.45) is 6.93. The third-order valence-electron chi connectivity index (χ3n) is 4.62. The second-order valence-corrected chi connectivity index (χ2v) is 6.47. The Labute approximate surface area is 150 Å². The predicted octanol–water partition coefficient (Wildman–Crippen LogP) is 2.80. The quantitative estimate of drug-likeness (QED) is 0.723. The van der Waals surface area contributed by atoms with Gasteiger partial charge in [-0.1, -0.05) is 0 Å². The van der Waals surface area contributed by atoms with Crippen LogP contribution in [0.3, 0.4) is 0 Å². The molecule has 1 aliphatic rings. The van der Waals surface area contributed by atoms with E-state index in [1.165, 1.54) is 12.1 Å². The van der Waals surface area contributed by atoms with E-state index in [4.69, 9.17) is 4.74 Å². The van der Waals surface area contributed by atoms with Crippen LogP contribution in [0.1, 0.15) is 23.2 Å². The maximum absolute atomic E-state index is 13.0. The van der Waals surface area contributed by atoms with E-state index in [9.17, 15) is 9.18 Å². The van der Waals surface area contributed by atoms with Crippen molar-refractivity contribution in [1.29, 1.82) is 0 Å². The molecule has 134 valence electrons. The van der Waals surface area contributed by atoms with Crippen molar-refractivity contribution < 1.29 is 13.9 Å². The predicted molar refractivity (Wildman–Crippen MR) is 93.5 cm³/mol. The smallest absolute Gasteiger partial charge is 0.259 e. The number of hydrogen-bond donors (Lipinski definition) is 0. The van der Waals surface area contributed by atoms with Gasteiger partial charge in [-0.25, -0.2) is 13.9 Å². The van der Waals surface area contributed by atoms with Crippen molar-refractivity contribution in [2.75, 3.05) is 19.7 Å². The number of nitrogens with zero attached hydrogens (tertiary/aromatic N) is 4. The van der Waals surface area contributed by atoms with Crippen LogP contribution in [0.25, 0.3) is 5.65 Å². The van der Waals surface area contributed by atoms with Gasteiger partial charge in [0.05, 0.1) is 12.8 Å². The van der Waals surface area contributed by atoms with Gasteiger partial charge in [-0.2, -0.15) is 5.10 Å². The highest BCUT2D eigenvalue weighted by molar-refractivity contribution is 5.99. The van der Waals surface area contributed by atoms with Crippen molar-refractivity contribution in [3.8, 4) is 5.75 Å². The highest BCUT2D eigenvalue weighted by Crippen LogP contribution is 2.21. The fourth-order valence-electron chi connectivity index (χ4n) is 3.28. The summed E-state index contributed by atoms with van der Waals surface area (Å²) in [5, 5.41) is 4.19. The average Bonchev–Trinajstić information content (AvgIpc) is 3.11. The number of carbonyl (C=O) groups is 1.